The Hall–Kier alpha value is -5.94. The van der Waals surface area contributed by atoms with Gasteiger partial charge < -0.3 is 82.7 Å². The lowest BCUT2D eigenvalue weighted by atomic mass is 9.45. The van der Waals surface area contributed by atoms with Crippen LogP contribution in [0.1, 0.15) is 259 Å². The van der Waals surface area contributed by atoms with Crippen molar-refractivity contribution in [3.05, 3.63) is 71.3 Å². The van der Waals surface area contributed by atoms with Crippen molar-refractivity contribution >= 4 is 41.9 Å². The SMILES string of the molecule is CC(C)O.COCCNC(=O)OC(C)(C)C.C[C@@H]1[C@H](N)C[C@H]2C(C)(C)CCC[C@]2(C)[C@H]1C(=O)c1cc(O)cc(O)c1.C[C@@H]1[C@H](NCCCN)C[C@H]2C(C)(C)CCC[C@]2(C)[C@H]1C(=O)c1cc(O)cc(O)c1.C[C@@H]1[C@H](NCCCNC(=O)OC(C)(C)C)C[C@H]2C(C)(C)CCC[C@]2(C)[C@H]1C(=O)c1cc(O)cc(O)c1.Cl. The van der Waals surface area contributed by atoms with E-state index in [1.807, 2.05) is 41.5 Å². The fourth-order valence-electron chi connectivity index (χ4n) is 20.1. The van der Waals surface area contributed by atoms with Gasteiger partial charge in [0.25, 0.3) is 0 Å². The number of phenols is 6. The van der Waals surface area contributed by atoms with Crippen molar-refractivity contribution in [3.63, 3.8) is 0 Å². The van der Waals surface area contributed by atoms with Gasteiger partial charge in [-0.05, 0) is 250 Å². The van der Waals surface area contributed by atoms with E-state index in [-0.39, 0.29) is 156 Å². The Balaban J connectivity index is 0.000000310. The van der Waals surface area contributed by atoms with Crippen LogP contribution in [0.2, 0.25) is 0 Å². The number of hydrogen-bond donors (Lipinski definition) is 13. The molecule has 608 valence electrons. The van der Waals surface area contributed by atoms with Crippen LogP contribution in [-0.2, 0) is 14.2 Å². The van der Waals surface area contributed by atoms with Gasteiger partial charge in [-0.15, -0.1) is 12.4 Å². The number of ether oxygens (including phenoxy) is 3. The quantitative estimate of drug-likeness (QED) is 0.0415. The van der Waals surface area contributed by atoms with Crippen molar-refractivity contribution in [3.8, 4) is 34.5 Å². The van der Waals surface area contributed by atoms with Crippen molar-refractivity contribution < 1.29 is 73.9 Å². The summed E-state index contributed by atoms with van der Waals surface area (Å²) in [5, 5.41) is 80.4. The third-order valence-electron chi connectivity index (χ3n) is 24.6. The zero-order chi connectivity index (χ0) is 80.0. The van der Waals surface area contributed by atoms with Crippen molar-refractivity contribution in [2.24, 2.45) is 97.2 Å². The molecule has 0 saturated heterocycles. The van der Waals surface area contributed by atoms with Gasteiger partial charge in [0.05, 0.1) is 6.61 Å². The van der Waals surface area contributed by atoms with Gasteiger partial charge in [-0.1, -0.05) is 102 Å². The number of aromatic hydroxyl groups is 6. The summed E-state index contributed by atoms with van der Waals surface area (Å²) in [7, 11) is 1.58. The fraction of sp³-hybridized carbons (Fsp3) is 0.729. The van der Waals surface area contributed by atoms with Crippen LogP contribution in [0.15, 0.2) is 54.6 Å². The number of halogens is 1. The number of ketones is 3. The highest BCUT2D eigenvalue weighted by atomic mass is 35.5. The van der Waals surface area contributed by atoms with E-state index in [1.54, 1.807) is 21.0 Å². The summed E-state index contributed by atoms with van der Waals surface area (Å²) in [5.74, 6) is 0.498. The van der Waals surface area contributed by atoms with E-state index >= 15 is 0 Å². The molecule has 0 spiro atoms. The minimum absolute atomic E-state index is 0. The normalized spacial score (nSPS) is 29.5. The molecule has 0 bridgehead atoms. The number of aliphatic hydroxyl groups excluding tert-OH is 1. The van der Waals surface area contributed by atoms with Gasteiger partial charge in [0, 0.05) is 97.1 Å². The van der Waals surface area contributed by atoms with Crippen LogP contribution < -0.4 is 32.7 Å². The maximum atomic E-state index is 14.0. The lowest BCUT2D eigenvalue weighted by Gasteiger charge is -2.60. The monoisotopic (exact) mass is 1520 g/mol. The van der Waals surface area contributed by atoms with Gasteiger partial charge in [0.15, 0.2) is 17.3 Å². The summed E-state index contributed by atoms with van der Waals surface area (Å²) in [6, 6.07) is 13.0. The molecule has 3 aromatic carbocycles. The molecular formula is C85H141ClN6O15. The molecule has 0 heterocycles. The largest absolute Gasteiger partial charge is 0.508 e. The average Bonchev–Trinajstić information content (AvgIpc) is 0.736. The second kappa shape index (κ2) is 38.8. The maximum absolute atomic E-state index is 14.0. The number of carbonyl (C=O) groups is 5. The van der Waals surface area contributed by atoms with Crippen molar-refractivity contribution in [1.29, 1.82) is 0 Å². The van der Waals surface area contributed by atoms with E-state index in [2.05, 4.69) is 104 Å². The van der Waals surface area contributed by atoms with E-state index in [9.17, 15) is 54.6 Å². The number of rotatable bonds is 18. The Morgan fingerprint density at radius 2 is 0.766 bits per heavy atom. The first-order valence-electron chi connectivity index (χ1n) is 39.2. The zero-order valence-corrected chi connectivity index (χ0v) is 69.6. The molecule has 0 unspecified atom stereocenters. The lowest BCUT2D eigenvalue weighted by Crippen LogP contribution is -2.60. The summed E-state index contributed by atoms with van der Waals surface area (Å²) in [6.45, 7) is 45.4. The van der Waals surface area contributed by atoms with Crippen molar-refractivity contribution in [2.45, 2.75) is 264 Å². The number of Topliss-reactive ketones (excluding diaryl/α,β-unsaturated/α-hetero) is 3. The second-order valence-electron chi connectivity index (χ2n) is 37.0. The molecule has 3 aromatic rings. The van der Waals surface area contributed by atoms with Crippen LogP contribution in [-0.4, -0.2) is 147 Å². The van der Waals surface area contributed by atoms with Gasteiger partial charge in [-0.3, -0.25) is 14.4 Å². The van der Waals surface area contributed by atoms with E-state index in [0.29, 0.717) is 60.7 Å². The second-order valence-corrected chi connectivity index (χ2v) is 37.0. The predicted octanol–water partition coefficient (Wildman–Crippen LogP) is 15.8. The molecular weight excluding hydrogens is 1380 g/mol. The van der Waals surface area contributed by atoms with Crippen molar-refractivity contribution in [1.82, 2.24) is 21.3 Å². The lowest BCUT2D eigenvalue weighted by molar-refractivity contribution is -0.0916. The average molecular weight is 1520 g/mol. The van der Waals surface area contributed by atoms with Gasteiger partial charge >= 0.3 is 12.2 Å². The molecule has 22 heteroatoms. The van der Waals surface area contributed by atoms with Gasteiger partial charge in [-0.2, -0.15) is 0 Å². The molecule has 6 saturated carbocycles. The highest BCUT2D eigenvalue weighted by Gasteiger charge is 2.61. The van der Waals surface area contributed by atoms with Crippen LogP contribution in [0.25, 0.3) is 0 Å². The van der Waals surface area contributed by atoms with Crippen molar-refractivity contribution in [2.75, 3.05) is 46.4 Å². The number of alkyl carbamates (subject to hydrolysis) is 2. The number of nitrogens with two attached hydrogens (primary N) is 2. The number of nitrogens with one attached hydrogen (secondary N) is 4. The first-order valence-corrected chi connectivity index (χ1v) is 39.2. The summed E-state index contributed by atoms with van der Waals surface area (Å²) < 4.78 is 15.0. The molecule has 15 N–H and O–H groups in total. The number of methoxy groups -OCH3 is 1. The Morgan fingerprint density at radius 3 is 1.07 bits per heavy atom. The molecule has 6 fully saturated rings. The summed E-state index contributed by atoms with van der Waals surface area (Å²) in [5.41, 5.74) is 12.5. The molecule has 107 heavy (non-hydrogen) atoms. The molecule has 6 aliphatic rings. The summed E-state index contributed by atoms with van der Waals surface area (Å²) >= 11 is 0. The van der Waals surface area contributed by atoms with Gasteiger partial charge in [0.1, 0.15) is 45.7 Å². The highest BCUT2D eigenvalue weighted by molar-refractivity contribution is 6.01. The minimum atomic E-state index is -0.521. The maximum Gasteiger partial charge on any atom is 0.407 e. The first-order chi connectivity index (χ1) is 49.0. The molecule has 2 amide bonds. The number of hydrogen-bond acceptors (Lipinski definition) is 19. The summed E-state index contributed by atoms with van der Waals surface area (Å²) in [4.78, 5) is 64.1. The number of aliphatic hydroxyl groups is 1. The standard InChI is InChI=1S/C29H46N2O5.C24H38N2O3.C21H31NO3.C8H17NO3.C3H8O.ClH/c1-18-22(30-12-9-13-31-26(35)36-27(2,3)4)17-23-28(5,6)10-8-11-29(23,7)24(18)25(34)19-14-20(32)16-21(33)15-19;1-15-19(26-10-6-9-25)14-20-23(2,3)7-5-8-24(20,4)21(15)22(29)16-11-17(27)13-18(28)12-16;1-12-16(22)11-17-20(2,3)6-5-7-21(17,4)18(12)19(25)13-8-14(23)10-15(24)9-13;1-8(2,3)12-7(10)9-5-6-11-4;1-3(2)4;/h14-16,18,22-24,30,32-33H,8-13,17H2,1-7H3,(H,31,35);11-13,15,19-21,26-28H,5-10,14,25H2,1-4H3;8-10,12,16-18,23-24H,5-7,11,22H2,1-4H3;5-6H2,1-4H3,(H,9,10);3-4H,1-2H3;1H/t18-,22-,23+,24-,29+;15-,19-,20+,21-,24+;12-,16-,17+,18-,21+;;;/m111.../s1. The smallest absolute Gasteiger partial charge is 0.407 e. The number of fused-ring (bicyclic) bond motifs is 3. The molecule has 0 aromatic heterocycles. The molecule has 0 radical (unpaired) electrons. The third-order valence-corrected chi connectivity index (χ3v) is 24.6. The summed E-state index contributed by atoms with van der Waals surface area (Å²) in [6.07, 6.45) is 13.6. The fourth-order valence-corrected chi connectivity index (χ4v) is 20.1. The Bertz CT molecular complexity index is 3320. The first kappa shape index (κ1) is 93.4. The van der Waals surface area contributed by atoms with E-state index in [0.717, 1.165) is 90.1 Å². The van der Waals surface area contributed by atoms with Crippen LogP contribution in [0.4, 0.5) is 9.59 Å². The number of benzene rings is 3. The van der Waals surface area contributed by atoms with Crippen LogP contribution >= 0.6 is 12.4 Å². The highest BCUT2D eigenvalue weighted by Crippen LogP contribution is 2.65. The van der Waals surface area contributed by atoms with Crippen LogP contribution in [0, 0.1) is 85.8 Å². The Kier molecular flexibility index (Phi) is 33.9. The van der Waals surface area contributed by atoms with Gasteiger partial charge in [-0.25, -0.2) is 9.59 Å². The van der Waals surface area contributed by atoms with E-state index in [4.69, 9.17) is 30.8 Å². The molecule has 6 aliphatic carbocycles. The van der Waals surface area contributed by atoms with Gasteiger partial charge in [0.2, 0.25) is 0 Å². The zero-order valence-electron chi connectivity index (χ0n) is 68.8. The minimum Gasteiger partial charge on any atom is -0.508 e. The molecule has 0 aliphatic heterocycles. The molecule has 21 nitrogen and oxygen atoms in total. The molecule has 15 atom stereocenters. The Labute approximate surface area is 647 Å². The Morgan fingerprint density at radius 1 is 0.477 bits per heavy atom. The topological polar surface area (TPSA) is 355 Å². The number of phenolic OH excluding ortho intramolecular Hbond substituents is 6. The number of carbonyl (C=O) groups excluding carboxylic acids is 5. The third kappa shape index (κ3) is 25.0. The predicted molar refractivity (Wildman–Crippen MR) is 427 cm³/mol. The van der Waals surface area contributed by atoms with E-state index < -0.39 is 23.4 Å². The van der Waals surface area contributed by atoms with Crippen LogP contribution in [0.3, 0.4) is 0 Å². The van der Waals surface area contributed by atoms with Crippen LogP contribution in [0.5, 0.6) is 34.5 Å². The molecule has 9 rings (SSSR count). The number of amides is 2. The van der Waals surface area contributed by atoms with E-state index in [1.165, 1.54) is 67.4 Å².